The number of benzene rings is 1. The van der Waals surface area contributed by atoms with Gasteiger partial charge in [0.25, 0.3) is 0 Å². The Morgan fingerprint density at radius 2 is 2.15 bits per heavy atom. The maximum absolute atomic E-state index is 13.4. The van der Waals surface area contributed by atoms with Gasteiger partial charge in [0.1, 0.15) is 11.4 Å². The minimum atomic E-state index is -0.538. The van der Waals surface area contributed by atoms with Gasteiger partial charge in [0.15, 0.2) is 0 Å². The second-order valence-corrected chi connectivity index (χ2v) is 8.50. The van der Waals surface area contributed by atoms with Crippen molar-refractivity contribution >= 4 is 12.0 Å². The van der Waals surface area contributed by atoms with Crippen molar-refractivity contribution in [1.29, 1.82) is 0 Å². The number of hydrogen-bond donors (Lipinski definition) is 1. The Bertz CT molecular complexity index is 719. The van der Waals surface area contributed by atoms with E-state index < -0.39 is 11.7 Å². The van der Waals surface area contributed by atoms with Crippen LogP contribution in [0.25, 0.3) is 0 Å². The zero-order valence-corrected chi connectivity index (χ0v) is 16.4. The van der Waals surface area contributed by atoms with Crippen LogP contribution in [-0.2, 0) is 16.1 Å². The lowest BCUT2D eigenvalue weighted by Crippen LogP contribution is -2.53. The summed E-state index contributed by atoms with van der Waals surface area (Å²) in [5.41, 5.74) is 0.270. The van der Waals surface area contributed by atoms with Crippen LogP contribution < -0.4 is 5.32 Å². The standard InChI is InChI=1S/C20H28FN3O3/c1-13(22-19(26)27-20(2,3)4)10-23-12-16-9-17(23)18(25)24(16)11-14-6-5-7-15(21)8-14/h5-8,13,16-17H,9-12H2,1-4H3,(H,22,26)/t13-,16?,17+/m0/s1. The Labute approximate surface area is 159 Å². The number of rotatable bonds is 5. The Kier molecular flexibility index (Phi) is 5.42. The van der Waals surface area contributed by atoms with Gasteiger partial charge >= 0.3 is 6.09 Å². The van der Waals surface area contributed by atoms with Crippen LogP contribution in [0.3, 0.4) is 0 Å². The summed E-state index contributed by atoms with van der Waals surface area (Å²) in [6.07, 6.45) is 0.339. The molecule has 2 heterocycles. The van der Waals surface area contributed by atoms with E-state index in [2.05, 4.69) is 10.2 Å². The van der Waals surface area contributed by atoms with Crippen molar-refractivity contribution in [3.63, 3.8) is 0 Å². The molecule has 2 bridgehead atoms. The van der Waals surface area contributed by atoms with E-state index in [1.165, 1.54) is 12.1 Å². The Morgan fingerprint density at radius 1 is 1.41 bits per heavy atom. The first-order valence-electron chi connectivity index (χ1n) is 9.41. The van der Waals surface area contributed by atoms with Crippen LogP contribution in [0, 0.1) is 5.82 Å². The Morgan fingerprint density at radius 3 is 2.78 bits per heavy atom. The van der Waals surface area contributed by atoms with Gasteiger partial charge in [-0.1, -0.05) is 12.1 Å². The minimum Gasteiger partial charge on any atom is -0.444 e. The quantitative estimate of drug-likeness (QED) is 0.857. The molecule has 1 aromatic carbocycles. The van der Waals surface area contributed by atoms with Crippen molar-refractivity contribution in [2.45, 2.75) is 64.4 Å². The Hall–Kier alpha value is -2.15. The number of amides is 2. The number of fused-ring (bicyclic) bond motifs is 2. The van der Waals surface area contributed by atoms with Gasteiger partial charge in [-0.05, 0) is 51.8 Å². The van der Waals surface area contributed by atoms with Gasteiger partial charge in [-0.15, -0.1) is 0 Å². The van der Waals surface area contributed by atoms with E-state index in [-0.39, 0.29) is 29.8 Å². The molecule has 2 amide bonds. The number of alkyl carbamates (subject to hydrolysis) is 1. The molecule has 0 saturated carbocycles. The summed E-state index contributed by atoms with van der Waals surface area (Å²) < 4.78 is 18.7. The zero-order valence-electron chi connectivity index (χ0n) is 16.4. The van der Waals surface area contributed by atoms with Crippen LogP contribution in [0.15, 0.2) is 24.3 Å². The van der Waals surface area contributed by atoms with E-state index in [1.54, 1.807) is 6.07 Å². The third-order valence-electron chi connectivity index (χ3n) is 4.90. The molecule has 6 nitrogen and oxygen atoms in total. The van der Waals surface area contributed by atoms with E-state index >= 15 is 0 Å². The van der Waals surface area contributed by atoms with Gasteiger partial charge in [-0.25, -0.2) is 9.18 Å². The third kappa shape index (κ3) is 4.77. The molecule has 7 heteroatoms. The van der Waals surface area contributed by atoms with Crippen LogP contribution in [0.1, 0.15) is 39.7 Å². The molecule has 1 N–H and O–H groups in total. The summed E-state index contributed by atoms with van der Waals surface area (Å²) in [4.78, 5) is 28.6. The first kappa shape index (κ1) is 19.6. The molecule has 3 rings (SSSR count). The summed E-state index contributed by atoms with van der Waals surface area (Å²) in [6, 6.07) is 6.24. The van der Waals surface area contributed by atoms with Crippen LogP contribution in [0.4, 0.5) is 9.18 Å². The molecule has 1 aromatic rings. The number of likely N-dealkylation sites (tertiary alicyclic amines) is 2. The van der Waals surface area contributed by atoms with Gasteiger partial charge in [-0.3, -0.25) is 9.69 Å². The predicted octanol–water partition coefficient (Wildman–Crippen LogP) is 2.52. The highest BCUT2D eigenvalue weighted by atomic mass is 19.1. The van der Waals surface area contributed by atoms with Crippen molar-refractivity contribution in [3.8, 4) is 0 Å². The molecule has 0 aromatic heterocycles. The van der Waals surface area contributed by atoms with Crippen molar-refractivity contribution in [1.82, 2.24) is 15.1 Å². The predicted molar refractivity (Wildman–Crippen MR) is 99.5 cm³/mol. The van der Waals surface area contributed by atoms with Crippen molar-refractivity contribution in [3.05, 3.63) is 35.6 Å². The highest BCUT2D eigenvalue weighted by Gasteiger charge is 2.49. The van der Waals surface area contributed by atoms with Gasteiger partial charge < -0.3 is 15.0 Å². The molecule has 1 unspecified atom stereocenters. The number of piperazine rings is 1. The molecule has 27 heavy (non-hydrogen) atoms. The molecular formula is C20H28FN3O3. The number of hydrogen-bond acceptors (Lipinski definition) is 4. The molecular weight excluding hydrogens is 349 g/mol. The molecule has 3 atom stereocenters. The summed E-state index contributed by atoms with van der Waals surface area (Å²) in [7, 11) is 0. The average Bonchev–Trinajstić information content (AvgIpc) is 3.04. The fraction of sp³-hybridized carbons (Fsp3) is 0.600. The topological polar surface area (TPSA) is 61.9 Å². The van der Waals surface area contributed by atoms with Crippen molar-refractivity contribution in [2.24, 2.45) is 0 Å². The number of carbonyl (C=O) groups is 2. The normalized spacial score (nSPS) is 23.6. The smallest absolute Gasteiger partial charge is 0.407 e. The fourth-order valence-electron chi connectivity index (χ4n) is 3.88. The first-order valence-corrected chi connectivity index (χ1v) is 9.41. The molecule has 0 aliphatic carbocycles. The number of nitrogens with zero attached hydrogens (tertiary/aromatic N) is 2. The van der Waals surface area contributed by atoms with Crippen molar-refractivity contribution < 1.29 is 18.7 Å². The molecule has 0 radical (unpaired) electrons. The van der Waals surface area contributed by atoms with Crippen LogP contribution >= 0.6 is 0 Å². The second-order valence-electron chi connectivity index (χ2n) is 8.50. The summed E-state index contributed by atoms with van der Waals surface area (Å²) in [5.74, 6) is -0.201. The summed E-state index contributed by atoms with van der Waals surface area (Å²) in [6.45, 7) is 9.18. The van der Waals surface area contributed by atoms with Crippen molar-refractivity contribution in [2.75, 3.05) is 13.1 Å². The van der Waals surface area contributed by atoms with E-state index in [0.717, 1.165) is 18.5 Å². The number of nitrogens with one attached hydrogen (secondary N) is 1. The molecule has 2 aliphatic rings. The molecule has 2 saturated heterocycles. The molecule has 148 valence electrons. The number of ether oxygens (including phenoxy) is 1. The fourth-order valence-corrected chi connectivity index (χ4v) is 3.88. The second kappa shape index (κ2) is 7.46. The van der Waals surface area contributed by atoms with Gasteiger partial charge in [0.05, 0.1) is 6.04 Å². The van der Waals surface area contributed by atoms with Crippen LogP contribution in [-0.4, -0.2) is 58.6 Å². The lowest BCUT2D eigenvalue weighted by Gasteiger charge is -2.35. The number of halogens is 1. The van der Waals surface area contributed by atoms with E-state index in [4.69, 9.17) is 4.74 Å². The first-order chi connectivity index (χ1) is 12.6. The van der Waals surface area contributed by atoms with Crippen LogP contribution in [0.5, 0.6) is 0 Å². The van der Waals surface area contributed by atoms with E-state index in [0.29, 0.717) is 13.1 Å². The van der Waals surface area contributed by atoms with Gasteiger partial charge in [0, 0.05) is 31.7 Å². The van der Waals surface area contributed by atoms with Gasteiger partial charge in [-0.2, -0.15) is 0 Å². The third-order valence-corrected chi connectivity index (χ3v) is 4.90. The monoisotopic (exact) mass is 377 g/mol. The Balaban J connectivity index is 1.52. The molecule has 0 spiro atoms. The maximum Gasteiger partial charge on any atom is 0.407 e. The SMILES string of the molecule is C[C@@H](CN1CC2C[C@@H]1C(=O)N2Cc1cccc(F)c1)NC(=O)OC(C)(C)C. The highest BCUT2D eigenvalue weighted by molar-refractivity contribution is 5.85. The summed E-state index contributed by atoms with van der Waals surface area (Å²) >= 11 is 0. The highest BCUT2D eigenvalue weighted by Crippen LogP contribution is 2.33. The summed E-state index contributed by atoms with van der Waals surface area (Å²) in [5, 5.41) is 2.83. The van der Waals surface area contributed by atoms with E-state index in [1.807, 2.05) is 38.7 Å². The molecule has 2 aliphatic heterocycles. The lowest BCUT2D eigenvalue weighted by atomic mass is 10.2. The minimum absolute atomic E-state index is 0.0833. The average molecular weight is 377 g/mol. The lowest BCUT2D eigenvalue weighted by molar-refractivity contribution is -0.137. The number of carbonyl (C=O) groups excluding carboxylic acids is 2. The van der Waals surface area contributed by atoms with E-state index in [9.17, 15) is 14.0 Å². The van der Waals surface area contributed by atoms with Crippen LogP contribution in [0.2, 0.25) is 0 Å². The maximum atomic E-state index is 13.4. The largest absolute Gasteiger partial charge is 0.444 e. The van der Waals surface area contributed by atoms with Gasteiger partial charge in [0.2, 0.25) is 5.91 Å². The molecule has 2 fully saturated rings. The zero-order chi connectivity index (χ0) is 19.8.